The molecule has 0 heterocycles. The topological polar surface area (TPSA) is 0 Å². The molecule has 0 saturated heterocycles. The Kier molecular flexibility index (Phi) is 1.72. The fraction of sp³-hybridized carbons (Fsp3) is 0.750. The minimum atomic E-state index is 0.912. The minimum absolute atomic E-state index is 0.912. The lowest BCUT2D eigenvalue weighted by Crippen LogP contribution is -1.78. The molecule has 1 unspecified atom stereocenters. The van der Waals surface area contributed by atoms with Gasteiger partial charge in [-0.25, -0.2) is 0 Å². The summed E-state index contributed by atoms with van der Waals surface area (Å²) in [5.41, 5.74) is 1.61. The van der Waals surface area contributed by atoms with Gasteiger partial charge in [-0.15, -0.1) is 0 Å². The van der Waals surface area contributed by atoms with E-state index in [4.69, 9.17) is 0 Å². The van der Waals surface area contributed by atoms with Crippen molar-refractivity contribution < 1.29 is 0 Å². The van der Waals surface area contributed by atoms with Crippen molar-refractivity contribution in [2.45, 2.75) is 33.1 Å². The van der Waals surface area contributed by atoms with Crippen LogP contribution in [0.15, 0.2) is 11.6 Å². The summed E-state index contributed by atoms with van der Waals surface area (Å²) in [5.74, 6) is 0.912. The van der Waals surface area contributed by atoms with Crippen LogP contribution in [0, 0.1) is 5.92 Å². The number of hydrogen-bond donors (Lipinski definition) is 0. The van der Waals surface area contributed by atoms with E-state index < -0.39 is 0 Å². The maximum Gasteiger partial charge on any atom is -0.00230 e. The Hall–Kier alpha value is -0.260. The quantitative estimate of drug-likeness (QED) is 0.490. The first kappa shape index (κ1) is 5.87. The van der Waals surface area contributed by atoms with E-state index in [1.165, 1.54) is 19.3 Å². The van der Waals surface area contributed by atoms with Crippen LogP contribution in [0.5, 0.6) is 0 Å². The number of rotatable bonds is 3. The predicted octanol–water partition coefficient (Wildman–Crippen LogP) is 2.75. The molecule has 1 rings (SSSR count). The second-order valence-corrected chi connectivity index (χ2v) is 2.66. The van der Waals surface area contributed by atoms with E-state index in [0.717, 1.165) is 5.92 Å². The van der Waals surface area contributed by atoms with Crippen LogP contribution in [-0.4, -0.2) is 0 Å². The summed E-state index contributed by atoms with van der Waals surface area (Å²) in [7, 11) is 0. The maximum absolute atomic E-state index is 2.36. The van der Waals surface area contributed by atoms with Gasteiger partial charge in [0.1, 0.15) is 0 Å². The van der Waals surface area contributed by atoms with Gasteiger partial charge in [0.2, 0.25) is 0 Å². The third-order valence-corrected chi connectivity index (χ3v) is 1.81. The van der Waals surface area contributed by atoms with Crippen LogP contribution in [0.2, 0.25) is 0 Å². The zero-order chi connectivity index (χ0) is 5.98. The van der Waals surface area contributed by atoms with E-state index in [1.54, 1.807) is 5.57 Å². The second-order valence-electron chi connectivity index (χ2n) is 2.66. The summed E-state index contributed by atoms with van der Waals surface area (Å²) >= 11 is 0. The highest BCUT2D eigenvalue weighted by Gasteiger charge is 2.17. The summed E-state index contributed by atoms with van der Waals surface area (Å²) in [6, 6.07) is 0. The molecule has 1 atom stereocenters. The number of hydrogen-bond acceptors (Lipinski definition) is 0. The third-order valence-electron chi connectivity index (χ3n) is 1.81. The molecule has 46 valence electrons. The van der Waals surface area contributed by atoms with Gasteiger partial charge in [-0.05, 0) is 19.3 Å². The number of allylic oxidation sites excluding steroid dienone is 2. The fourth-order valence-electron chi connectivity index (χ4n) is 1.00. The van der Waals surface area contributed by atoms with Gasteiger partial charge < -0.3 is 0 Å². The molecule has 0 fully saturated rings. The number of unbranched alkanes of at least 4 members (excludes halogenated alkanes) is 1. The van der Waals surface area contributed by atoms with Crippen LogP contribution < -0.4 is 0 Å². The van der Waals surface area contributed by atoms with Gasteiger partial charge in [0.25, 0.3) is 0 Å². The molecule has 0 amide bonds. The van der Waals surface area contributed by atoms with Crippen LogP contribution in [0.1, 0.15) is 33.1 Å². The summed E-state index contributed by atoms with van der Waals surface area (Å²) in [5, 5.41) is 0. The molecule has 1 aliphatic carbocycles. The standard InChI is InChI=1S/C8H14/c1-3-4-5-8-6-7(8)2/h6,8H,3-5H2,1-2H3. The van der Waals surface area contributed by atoms with Gasteiger partial charge in [0, 0.05) is 0 Å². The van der Waals surface area contributed by atoms with Crippen molar-refractivity contribution in [1.29, 1.82) is 0 Å². The normalized spacial score (nSPS) is 25.2. The fourth-order valence-corrected chi connectivity index (χ4v) is 1.00. The molecular weight excluding hydrogens is 96.1 g/mol. The van der Waals surface area contributed by atoms with Gasteiger partial charge in [0.15, 0.2) is 0 Å². The zero-order valence-electron chi connectivity index (χ0n) is 5.78. The Balaban J connectivity index is 1.92. The first-order valence-corrected chi connectivity index (χ1v) is 3.53. The molecule has 0 aromatic rings. The molecule has 0 nitrogen and oxygen atoms in total. The predicted molar refractivity (Wildman–Crippen MR) is 36.8 cm³/mol. The van der Waals surface area contributed by atoms with Crippen molar-refractivity contribution in [1.82, 2.24) is 0 Å². The lowest BCUT2D eigenvalue weighted by molar-refractivity contribution is 0.675. The van der Waals surface area contributed by atoms with Gasteiger partial charge in [-0.1, -0.05) is 31.4 Å². The Labute approximate surface area is 51.6 Å². The zero-order valence-corrected chi connectivity index (χ0v) is 5.78. The van der Waals surface area contributed by atoms with Crippen LogP contribution in [-0.2, 0) is 0 Å². The van der Waals surface area contributed by atoms with Crippen molar-refractivity contribution in [3.8, 4) is 0 Å². The van der Waals surface area contributed by atoms with Gasteiger partial charge in [-0.3, -0.25) is 0 Å². The van der Waals surface area contributed by atoms with E-state index in [9.17, 15) is 0 Å². The third kappa shape index (κ3) is 1.36. The molecule has 0 N–H and O–H groups in total. The minimum Gasteiger partial charge on any atom is -0.0778 e. The maximum atomic E-state index is 2.36. The molecule has 0 aliphatic heterocycles. The van der Waals surface area contributed by atoms with Crippen LogP contribution >= 0.6 is 0 Å². The van der Waals surface area contributed by atoms with Crippen LogP contribution in [0.4, 0.5) is 0 Å². The molecule has 0 spiro atoms. The van der Waals surface area contributed by atoms with Gasteiger partial charge in [-0.2, -0.15) is 0 Å². The summed E-state index contributed by atoms with van der Waals surface area (Å²) in [6.45, 7) is 4.47. The van der Waals surface area contributed by atoms with Crippen molar-refractivity contribution >= 4 is 0 Å². The average Bonchev–Trinajstić information content (AvgIpc) is 2.42. The van der Waals surface area contributed by atoms with Crippen molar-refractivity contribution in [3.63, 3.8) is 0 Å². The Morgan fingerprint density at radius 1 is 1.62 bits per heavy atom. The Morgan fingerprint density at radius 3 is 2.62 bits per heavy atom. The van der Waals surface area contributed by atoms with E-state index in [1.807, 2.05) is 0 Å². The average molecular weight is 110 g/mol. The highest BCUT2D eigenvalue weighted by Crippen LogP contribution is 2.32. The van der Waals surface area contributed by atoms with Crippen LogP contribution in [0.25, 0.3) is 0 Å². The van der Waals surface area contributed by atoms with Crippen LogP contribution in [0.3, 0.4) is 0 Å². The Bertz CT molecular complexity index is 101. The largest absolute Gasteiger partial charge is 0.0778 e. The Morgan fingerprint density at radius 2 is 2.25 bits per heavy atom. The SMILES string of the molecule is CCCCC1C=C1C. The molecule has 0 heteroatoms. The van der Waals surface area contributed by atoms with Gasteiger partial charge in [0.05, 0.1) is 0 Å². The lowest BCUT2D eigenvalue weighted by Gasteiger charge is -1.92. The lowest BCUT2D eigenvalue weighted by atomic mass is 10.1. The molecule has 1 aliphatic rings. The van der Waals surface area contributed by atoms with E-state index >= 15 is 0 Å². The van der Waals surface area contributed by atoms with Crippen molar-refractivity contribution in [2.75, 3.05) is 0 Å². The van der Waals surface area contributed by atoms with Gasteiger partial charge >= 0.3 is 0 Å². The first-order chi connectivity index (χ1) is 3.84. The second kappa shape index (κ2) is 2.34. The molecule has 0 aromatic carbocycles. The molecule has 0 bridgehead atoms. The highest BCUT2D eigenvalue weighted by molar-refractivity contribution is 5.25. The summed E-state index contributed by atoms with van der Waals surface area (Å²) in [6.07, 6.45) is 6.51. The highest BCUT2D eigenvalue weighted by atomic mass is 14.2. The molecule has 0 radical (unpaired) electrons. The molecule has 0 saturated carbocycles. The molecular formula is C8H14. The van der Waals surface area contributed by atoms with E-state index in [-0.39, 0.29) is 0 Å². The summed E-state index contributed by atoms with van der Waals surface area (Å²) in [4.78, 5) is 0. The van der Waals surface area contributed by atoms with E-state index in [2.05, 4.69) is 19.9 Å². The summed E-state index contributed by atoms with van der Waals surface area (Å²) < 4.78 is 0. The molecule has 8 heavy (non-hydrogen) atoms. The van der Waals surface area contributed by atoms with Crippen molar-refractivity contribution in [2.24, 2.45) is 5.92 Å². The first-order valence-electron chi connectivity index (χ1n) is 3.53. The monoisotopic (exact) mass is 110 g/mol. The van der Waals surface area contributed by atoms with E-state index in [0.29, 0.717) is 0 Å². The van der Waals surface area contributed by atoms with Crippen molar-refractivity contribution in [3.05, 3.63) is 11.6 Å². The molecule has 0 aromatic heterocycles. The smallest absolute Gasteiger partial charge is 0.00230 e.